The molecule has 156 valence electrons. The van der Waals surface area contributed by atoms with Gasteiger partial charge in [-0.05, 0) is 12.1 Å². The highest BCUT2D eigenvalue weighted by molar-refractivity contribution is 5.99. The summed E-state index contributed by atoms with van der Waals surface area (Å²) in [6.07, 6.45) is 0. The van der Waals surface area contributed by atoms with E-state index in [4.69, 9.17) is 23.7 Å². The number of carbonyl (C=O) groups excluding carboxylic acids is 2. The van der Waals surface area contributed by atoms with Crippen LogP contribution in [0.25, 0.3) is 0 Å². The highest BCUT2D eigenvalue weighted by atomic mass is 16.5. The average molecular weight is 404 g/mol. The van der Waals surface area contributed by atoms with Gasteiger partial charge in [0.15, 0.2) is 11.5 Å². The first-order chi connectivity index (χ1) is 14.0. The Morgan fingerprint density at radius 3 is 2.03 bits per heavy atom. The molecule has 2 aromatic carbocycles. The second-order valence-electron chi connectivity index (χ2n) is 5.71. The second-order valence-corrected chi connectivity index (χ2v) is 5.71. The van der Waals surface area contributed by atoms with E-state index >= 15 is 0 Å². The van der Waals surface area contributed by atoms with Crippen molar-refractivity contribution in [2.45, 2.75) is 0 Å². The van der Waals surface area contributed by atoms with Crippen LogP contribution in [0.15, 0.2) is 30.3 Å². The standard InChI is InChI=1S/C20H24N2O7/c1-25-12-6-7-16(26-2)15(8-12)22-19(23)11-21-14-10-18(28-4)17(27-3)9-13(14)20(24)29-5/h6-10,21H,11H2,1-5H3,(H,22,23). The minimum atomic E-state index is -0.580. The summed E-state index contributed by atoms with van der Waals surface area (Å²) >= 11 is 0. The van der Waals surface area contributed by atoms with E-state index in [0.29, 0.717) is 34.4 Å². The first-order valence-electron chi connectivity index (χ1n) is 8.57. The van der Waals surface area contributed by atoms with E-state index in [2.05, 4.69) is 10.6 Å². The van der Waals surface area contributed by atoms with Crippen LogP contribution in [-0.4, -0.2) is 54.0 Å². The lowest BCUT2D eigenvalue weighted by molar-refractivity contribution is -0.114. The van der Waals surface area contributed by atoms with Crippen LogP contribution >= 0.6 is 0 Å². The van der Waals surface area contributed by atoms with Gasteiger partial charge in [0.25, 0.3) is 0 Å². The molecule has 0 atom stereocenters. The Kier molecular flexibility index (Phi) is 7.53. The van der Waals surface area contributed by atoms with Crippen molar-refractivity contribution in [1.29, 1.82) is 0 Å². The second kappa shape index (κ2) is 10.1. The van der Waals surface area contributed by atoms with Crippen molar-refractivity contribution in [3.63, 3.8) is 0 Å². The van der Waals surface area contributed by atoms with Gasteiger partial charge in [-0.3, -0.25) is 4.79 Å². The third-order valence-corrected chi connectivity index (χ3v) is 4.05. The van der Waals surface area contributed by atoms with E-state index in [9.17, 15) is 9.59 Å². The normalized spacial score (nSPS) is 9.97. The molecule has 2 N–H and O–H groups in total. The van der Waals surface area contributed by atoms with Crippen LogP contribution in [0.5, 0.6) is 23.0 Å². The number of anilines is 2. The van der Waals surface area contributed by atoms with E-state index in [1.165, 1.54) is 41.6 Å². The predicted molar refractivity (Wildman–Crippen MR) is 108 cm³/mol. The third kappa shape index (κ3) is 5.22. The van der Waals surface area contributed by atoms with Gasteiger partial charge in [0.2, 0.25) is 5.91 Å². The Bertz CT molecular complexity index is 883. The molecular formula is C20H24N2O7. The van der Waals surface area contributed by atoms with Gasteiger partial charge in [-0.15, -0.1) is 0 Å². The lowest BCUT2D eigenvalue weighted by Crippen LogP contribution is -2.23. The Balaban J connectivity index is 2.20. The number of nitrogens with one attached hydrogen (secondary N) is 2. The lowest BCUT2D eigenvalue weighted by Gasteiger charge is -2.16. The van der Waals surface area contributed by atoms with Gasteiger partial charge in [-0.1, -0.05) is 0 Å². The summed E-state index contributed by atoms with van der Waals surface area (Å²) in [4.78, 5) is 24.5. The number of carbonyl (C=O) groups is 2. The summed E-state index contributed by atoms with van der Waals surface area (Å²) in [5.41, 5.74) is 1.03. The zero-order valence-electron chi connectivity index (χ0n) is 17.0. The van der Waals surface area contributed by atoms with E-state index in [1.807, 2.05) is 0 Å². The molecule has 2 aromatic rings. The summed E-state index contributed by atoms with van der Waals surface area (Å²) in [5, 5.41) is 5.66. The molecule has 0 heterocycles. The molecule has 2 rings (SSSR count). The lowest BCUT2D eigenvalue weighted by atomic mass is 10.1. The topological polar surface area (TPSA) is 104 Å². The van der Waals surface area contributed by atoms with Gasteiger partial charge in [0.05, 0.1) is 59.0 Å². The van der Waals surface area contributed by atoms with Crippen molar-refractivity contribution in [2.75, 3.05) is 52.7 Å². The van der Waals surface area contributed by atoms with Crippen LogP contribution in [0.3, 0.4) is 0 Å². The number of amides is 1. The Morgan fingerprint density at radius 2 is 1.45 bits per heavy atom. The monoisotopic (exact) mass is 404 g/mol. The molecule has 0 saturated heterocycles. The quantitative estimate of drug-likeness (QED) is 0.615. The Hall–Kier alpha value is -3.62. The summed E-state index contributed by atoms with van der Waals surface area (Å²) in [6.45, 7) is -0.125. The maximum absolute atomic E-state index is 12.4. The molecule has 0 aliphatic heterocycles. The summed E-state index contributed by atoms with van der Waals surface area (Å²) < 4.78 is 25.7. The first-order valence-corrected chi connectivity index (χ1v) is 8.57. The summed E-state index contributed by atoms with van der Waals surface area (Å²) in [6, 6.07) is 8.10. The number of rotatable bonds is 9. The van der Waals surface area contributed by atoms with Crippen molar-refractivity contribution in [3.8, 4) is 23.0 Å². The van der Waals surface area contributed by atoms with E-state index in [0.717, 1.165) is 0 Å². The van der Waals surface area contributed by atoms with Gasteiger partial charge >= 0.3 is 5.97 Å². The molecule has 0 radical (unpaired) electrons. The number of methoxy groups -OCH3 is 5. The first kappa shape index (κ1) is 21.7. The summed E-state index contributed by atoms with van der Waals surface area (Å²) in [7, 11) is 7.23. The molecule has 0 aliphatic carbocycles. The number of esters is 1. The van der Waals surface area contributed by atoms with Crippen LogP contribution in [0, 0.1) is 0 Å². The highest BCUT2D eigenvalue weighted by Gasteiger charge is 2.18. The molecule has 9 nitrogen and oxygen atoms in total. The van der Waals surface area contributed by atoms with Crippen LogP contribution in [0.4, 0.5) is 11.4 Å². The maximum Gasteiger partial charge on any atom is 0.340 e. The van der Waals surface area contributed by atoms with Gasteiger partial charge in [0.1, 0.15) is 11.5 Å². The fraction of sp³-hybridized carbons (Fsp3) is 0.300. The molecule has 1 amide bonds. The molecule has 0 bridgehead atoms. The Labute approximate surface area is 168 Å². The number of hydrogen-bond donors (Lipinski definition) is 2. The van der Waals surface area contributed by atoms with Gasteiger partial charge in [0, 0.05) is 18.2 Å². The van der Waals surface area contributed by atoms with Crippen LogP contribution in [0.2, 0.25) is 0 Å². The largest absolute Gasteiger partial charge is 0.497 e. The molecule has 9 heteroatoms. The summed E-state index contributed by atoms with van der Waals surface area (Å²) in [5.74, 6) is 0.884. The van der Waals surface area contributed by atoms with E-state index in [1.54, 1.807) is 24.3 Å². The van der Waals surface area contributed by atoms with Crippen LogP contribution in [-0.2, 0) is 9.53 Å². The van der Waals surface area contributed by atoms with Crippen LogP contribution < -0.4 is 29.6 Å². The van der Waals surface area contributed by atoms with Gasteiger partial charge < -0.3 is 34.3 Å². The fourth-order valence-electron chi connectivity index (χ4n) is 2.59. The molecule has 0 saturated carbocycles. The molecule has 0 aromatic heterocycles. The molecule has 0 aliphatic rings. The van der Waals surface area contributed by atoms with E-state index < -0.39 is 5.97 Å². The molecular weight excluding hydrogens is 380 g/mol. The van der Waals surface area contributed by atoms with Crippen LogP contribution in [0.1, 0.15) is 10.4 Å². The minimum absolute atomic E-state index is 0.125. The van der Waals surface area contributed by atoms with Crippen molar-refractivity contribution in [2.24, 2.45) is 0 Å². The smallest absolute Gasteiger partial charge is 0.340 e. The SMILES string of the molecule is COC(=O)c1cc(OC)c(OC)cc1NCC(=O)Nc1cc(OC)ccc1OC. The maximum atomic E-state index is 12.4. The van der Waals surface area contributed by atoms with Crippen molar-refractivity contribution >= 4 is 23.3 Å². The van der Waals surface area contributed by atoms with Crippen molar-refractivity contribution in [1.82, 2.24) is 0 Å². The number of ether oxygens (including phenoxy) is 5. The van der Waals surface area contributed by atoms with Gasteiger partial charge in [-0.2, -0.15) is 0 Å². The third-order valence-electron chi connectivity index (χ3n) is 4.05. The molecule has 0 spiro atoms. The van der Waals surface area contributed by atoms with Crippen molar-refractivity contribution in [3.05, 3.63) is 35.9 Å². The fourth-order valence-corrected chi connectivity index (χ4v) is 2.59. The van der Waals surface area contributed by atoms with Gasteiger partial charge in [-0.25, -0.2) is 4.79 Å². The zero-order valence-corrected chi connectivity index (χ0v) is 17.0. The minimum Gasteiger partial charge on any atom is -0.497 e. The Morgan fingerprint density at radius 1 is 0.793 bits per heavy atom. The average Bonchev–Trinajstić information content (AvgIpc) is 2.76. The predicted octanol–water partition coefficient (Wildman–Crippen LogP) is 2.56. The number of benzene rings is 2. The molecule has 0 unspecified atom stereocenters. The highest BCUT2D eigenvalue weighted by Crippen LogP contribution is 2.34. The number of hydrogen-bond acceptors (Lipinski definition) is 8. The zero-order chi connectivity index (χ0) is 21.4. The van der Waals surface area contributed by atoms with Crippen molar-refractivity contribution < 1.29 is 33.3 Å². The molecule has 0 fully saturated rings. The molecule has 29 heavy (non-hydrogen) atoms. The van der Waals surface area contributed by atoms with E-state index in [-0.39, 0.29) is 18.0 Å².